The zero-order valence-electron chi connectivity index (χ0n) is 14.6. The highest BCUT2D eigenvalue weighted by Crippen LogP contribution is 2.13. The van der Waals surface area contributed by atoms with Crippen molar-refractivity contribution in [3.05, 3.63) is 89.7 Å². The molecule has 0 saturated heterocycles. The molecule has 0 aliphatic carbocycles. The maximum absolute atomic E-state index is 12.2. The molecule has 1 amide bonds. The van der Waals surface area contributed by atoms with E-state index < -0.39 is 0 Å². The van der Waals surface area contributed by atoms with Crippen LogP contribution < -0.4 is 15.4 Å². The molecule has 0 aliphatic heterocycles. The second-order valence-corrected chi connectivity index (χ2v) is 5.80. The lowest BCUT2D eigenvalue weighted by Gasteiger charge is -2.08. The van der Waals surface area contributed by atoms with Crippen molar-refractivity contribution in [1.82, 2.24) is 10.3 Å². The minimum atomic E-state index is -0.185. The van der Waals surface area contributed by atoms with Gasteiger partial charge in [-0.05, 0) is 35.4 Å². The van der Waals surface area contributed by atoms with Crippen LogP contribution in [0.3, 0.4) is 0 Å². The monoisotopic (exact) mass is 347 g/mol. The zero-order chi connectivity index (χ0) is 18.2. The van der Waals surface area contributed by atoms with Crippen molar-refractivity contribution < 1.29 is 9.53 Å². The summed E-state index contributed by atoms with van der Waals surface area (Å²) >= 11 is 0. The van der Waals surface area contributed by atoms with Gasteiger partial charge >= 0.3 is 0 Å². The number of nitrogens with one attached hydrogen (secondary N) is 2. The smallest absolute Gasteiger partial charge is 0.270 e. The van der Waals surface area contributed by atoms with Crippen LogP contribution in [0.4, 0.5) is 5.69 Å². The molecule has 0 atom stereocenters. The summed E-state index contributed by atoms with van der Waals surface area (Å²) < 4.78 is 5.15. The third-order valence-electron chi connectivity index (χ3n) is 3.95. The number of hydrogen-bond acceptors (Lipinski definition) is 4. The quantitative estimate of drug-likeness (QED) is 0.685. The van der Waals surface area contributed by atoms with Crippen molar-refractivity contribution in [1.29, 1.82) is 0 Å². The number of rotatable bonds is 7. The van der Waals surface area contributed by atoms with Gasteiger partial charge in [0.15, 0.2) is 0 Å². The van der Waals surface area contributed by atoms with Gasteiger partial charge in [-0.1, -0.05) is 42.5 Å². The first-order valence-corrected chi connectivity index (χ1v) is 8.39. The van der Waals surface area contributed by atoms with Crippen LogP contribution >= 0.6 is 0 Å². The van der Waals surface area contributed by atoms with Gasteiger partial charge in [0.1, 0.15) is 11.4 Å². The fraction of sp³-hybridized carbons (Fsp3) is 0.143. The molecule has 1 heterocycles. The van der Waals surface area contributed by atoms with Gasteiger partial charge in [-0.25, -0.2) is 4.98 Å². The highest BCUT2D eigenvalue weighted by atomic mass is 16.5. The second-order valence-electron chi connectivity index (χ2n) is 5.80. The van der Waals surface area contributed by atoms with Crippen LogP contribution in [0.25, 0.3) is 0 Å². The van der Waals surface area contributed by atoms with Crippen molar-refractivity contribution in [3.63, 3.8) is 0 Å². The lowest BCUT2D eigenvalue weighted by atomic mass is 10.2. The molecule has 0 fully saturated rings. The third-order valence-corrected chi connectivity index (χ3v) is 3.95. The number of methoxy groups -OCH3 is 1. The highest BCUT2D eigenvalue weighted by Gasteiger charge is 2.06. The first-order chi connectivity index (χ1) is 12.7. The van der Waals surface area contributed by atoms with E-state index in [1.54, 1.807) is 19.4 Å². The van der Waals surface area contributed by atoms with E-state index in [4.69, 9.17) is 4.74 Å². The van der Waals surface area contributed by atoms with E-state index in [0.29, 0.717) is 18.8 Å². The molecule has 26 heavy (non-hydrogen) atoms. The molecule has 5 nitrogen and oxygen atoms in total. The van der Waals surface area contributed by atoms with Gasteiger partial charge in [0.25, 0.3) is 5.91 Å². The molecule has 0 saturated carbocycles. The number of hydrogen-bond donors (Lipinski definition) is 2. The van der Waals surface area contributed by atoms with Crippen LogP contribution in [0, 0.1) is 0 Å². The minimum Gasteiger partial charge on any atom is -0.497 e. The summed E-state index contributed by atoms with van der Waals surface area (Å²) in [6.45, 7) is 1.16. The van der Waals surface area contributed by atoms with Gasteiger partial charge in [0, 0.05) is 13.1 Å². The first-order valence-electron chi connectivity index (χ1n) is 8.39. The Bertz CT molecular complexity index is 831. The summed E-state index contributed by atoms with van der Waals surface area (Å²) in [5.41, 5.74) is 3.45. The van der Waals surface area contributed by atoms with Gasteiger partial charge in [-0.2, -0.15) is 0 Å². The molecule has 3 aromatic rings. The van der Waals surface area contributed by atoms with Gasteiger partial charge in [0.2, 0.25) is 0 Å². The Morgan fingerprint density at radius 3 is 2.31 bits per heavy atom. The second kappa shape index (κ2) is 8.67. The topological polar surface area (TPSA) is 63.2 Å². The molecule has 0 spiro atoms. The molecule has 0 radical (unpaired) electrons. The molecule has 0 bridgehead atoms. The fourth-order valence-corrected chi connectivity index (χ4v) is 2.45. The summed E-state index contributed by atoms with van der Waals surface area (Å²) in [5.74, 6) is 0.650. The largest absolute Gasteiger partial charge is 0.497 e. The summed E-state index contributed by atoms with van der Waals surface area (Å²) in [4.78, 5) is 16.4. The highest BCUT2D eigenvalue weighted by molar-refractivity contribution is 5.92. The van der Waals surface area contributed by atoms with Crippen LogP contribution in [-0.2, 0) is 13.1 Å². The van der Waals surface area contributed by atoms with Crippen LogP contribution in [0.15, 0.2) is 72.9 Å². The Hall–Kier alpha value is -3.34. The van der Waals surface area contributed by atoms with Crippen molar-refractivity contribution in [2.75, 3.05) is 12.4 Å². The Morgan fingerprint density at radius 2 is 1.65 bits per heavy atom. The molecule has 132 valence electrons. The van der Waals surface area contributed by atoms with Gasteiger partial charge in [-0.15, -0.1) is 0 Å². The molecule has 1 aromatic heterocycles. The Labute approximate surface area is 153 Å². The molecule has 0 aliphatic rings. The average Bonchev–Trinajstić information content (AvgIpc) is 2.72. The molecular weight excluding hydrogens is 326 g/mol. The van der Waals surface area contributed by atoms with E-state index in [-0.39, 0.29) is 5.91 Å². The van der Waals surface area contributed by atoms with Crippen LogP contribution in [-0.4, -0.2) is 18.0 Å². The Morgan fingerprint density at radius 1 is 0.923 bits per heavy atom. The maximum Gasteiger partial charge on any atom is 0.270 e. The minimum absolute atomic E-state index is 0.185. The summed E-state index contributed by atoms with van der Waals surface area (Å²) in [5, 5.41) is 6.16. The molecule has 2 N–H and O–H groups in total. The van der Waals surface area contributed by atoms with Gasteiger partial charge < -0.3 is 15.4 Å². The summed E-state index contributed by atoms with van der Waals surface area (Å²) in [7, 11) is 1.65. The number of benzene rings is 2. The number of carbonyl (C=O) groups excluding carboxylic acids is 1. The summed E-state index contributed by atoms with van der Waals surface area (Å²) in [6, 6.07) is 21.2. The molecular formula is C21H21N3O2. The standard InChI is InChI=1S/C21H21N3O2/c1-26-19-10-7-17(8-11-19)13-22-18-9-12-20(23-15-18)21(25)24-14-16-5-3-2-4-6-16/h2-12,15,22H,13-14H2,1H3,(H,24,25). The SMILES string of the molecule is COc1ccc(CNc2ccc(C(=O)NCc3ccccc3)nc2)cc1. The van der Waals surface area contributed by atoms with E-state index in [9.17, 15) is 4.79 Å². The van der Waals surface area contributed by atoms with Crippen molar-refractivity contribution in [3.8, 4) is 5.75 Å². The number of carbonyl (C=O) groups is 1. The van der Waals surface area contributed by atoms with E-state index >= 15 is 0 Å². The first kappa shape index (κ1) is 17.5. The van der Waals surface area contributed by atoms with Crippen LogP contribution in [0.2, 0.25) is 0 Å². The van der Waals surface area contributed by atoms with Crippen molar-refractivity contribution in [2.45, 2.75) is 13.1 Å². The number of pyridine rings is 1. The Balaban J connectivity index is 1.51. The predicted molar refractivity (Wildman–Crippen MR) is 102 cm³/mol. The zero-order valence-corrected chi connectivity index (χ0v) is 14.6. The average molecular weight is 347 g/mol. The van der Waals surface area contributed by atoms with Gasteiger partial charge in [0.05, 0.1) is 19.0 Å². The van der Waals surface area contributed by atoms with E-state index in [1.165, 1.54) is 0 Å². The van der Waals surface area contributed by atoms with Crippen molar-refractivity contribution >= 4 is 11.6 Å². The molecule has 0 unspecified atom stereocenters. The normalized spacial score (nSPS) is 10.2. The van der Waals surface area contributed by atoms with Crippen LogP contribution in [0.1, 0.15) is 21.6 Å². The molecule has 2 aromatic carbocycles. The number of ether oxygens (including phenoxy) is 1. The predicted octanol–water partition coefficient (Wildman–Crippen LogP) is 3.63. The maximum atomic E-state index is 12.2. The summed E-state index contributed by atoms with van der Waals surface area (Å²) in [6.07, 6.45) is 1.67. The lowest BCUT2D eigenvalue weighted by Crippen LogP contribution is -2.23. The van der Waals surface area contributed by atoms with E-state index in [2.05, 4.69) is 15.6 Å². The van der Waals surface area contributed by atoms with Crippen molar-refractivity contribution in [2.24, 2.45) is 0 Å². The fourth-order valence-electron chi connectivity index (χ4n) is 2.45. The number of anilines is 1. The molecule has 3 rings (SSSR count). The van der Waals surface area contributed by atoms with Crippen LogP contribution in [0.5, 0.6) is 5.75 Å². The number of amides is 1. The van der Waals surface area contributed by atoms with Gasteiger partial charge in [-0.3, -0.25) is 4.79 Å². The third kappa shape index (κ3) is 4.83. The Kier molecular flexibility index (Phi) is 5.83. The number of nitrogens with zero attached hydrogens (tertiary/aromatic N) is 1. The van der Waals surface area contributed by atoms with E-state index in [1.807, 2.05) is 60.7 Å². The van der Waals surface area contributed by atoms with E-state index in [0.717, 1.165) is 22.6 Å². The molecule has 5 heteroatoms. The lowest BCUT2D eigenvalue weighted by molar-refractivity contribution is 0.0946. The number of aromatic nitrogens is 1.